The van der Waals surface area contributed by atoms with Gasteiger partial charge in [0, 0.05) is 18.8 Å². The molecule has 0 radical (unpaired) electrons. The molecule has 0 aromatic heterocycles. The second-order valence-electron chi connectivity index (χ2n) is 18.9. The molecule has 4 aliphatic heterocycles. The number of carbonyl (C=O) groups excluding carboxylic acids is 1. The van der Waals surface area contributed by atoms with Gasteiger partial charge in [-0.05, 0) is 97.2 Å². The minimum atomic E-state index is -1.29. The van der Waals surface area contributed by atoms with Crippen LogP contribution in [0.2, 0.25) is 0 Å². The van der Waals surface area contributed by atoms with Gasteiger partial charge in [0.15, 0.2) is 12.1 Å². The van der Waals surface area contributed by atoms with Crippen molar-refractivity contribution in [3.8, 4) is 0 Å². The summed E-state index contributed by atoms with van der Waals surface area (Å²) >= 11 is 0. The van der Waals surface area contributed by atoms with Crippen molar-refractivity contribution < 1.29 is 48.5 Å². The van der Waals surface area contributed by atoms with Crippen molar-refractivity contribution in [2.24, 2.45) is 50.7 Å². The van der Waals surface area contributed by atoms with Crippen LogP contribution in [-0.4, -0.2) is 94.9 Å². The van der Waals surface area contributed by atoms with Crippen molar-refractivity contribution in [1.82, 2.24) is 0 Å². The maximum absolute atomic E-state index is 12.9. The van der Waals surface area contributed by atoms with Crippen molar-refractivity contribution in [2.45, 2.75) is 160 Å². The molecule has 18 atom stereocenters. The molecule has 3 N–H and O–H groups in total. The molecule has 9 aliphatic rings. The smallest absolute Gasteiger partial charge is 0.302 e. The second kappa shape index (κ2) is 9.52. The van der Waals surface area contributed by atoms with Crippen LogP contribution in [0.25, 0.3) is 0 Å². The highest BCUT2D eigenvalue weighted by molar-refractivity contribution is 5.66. The summed E-state index contributed by atoms with van der Waals surface area (Å²) in [6, 6.07) is 0. The summed E-state index contributed by atoms with van der Waals surface area (Å²) in [6.45, 7) is 16.1. The fourth-order valence-corrected chi connectivity index (χ4v) is 14.6. The number of rotatable bonds is 3. The summed E-state index contributed by atoms with van der Waals surface area (Å²) in [5.41, 5.74) is -0.492. The van der Waals surface area contributed by atoms with E-state index < -0.39 is 30.4 Å². The van der Waals surface area contributed by atoms with Gasteiger partial charge in [0.1, 0.15) is 36.1 Å². The zero-order valence-corrected chi connectivity index (χ0v) is 29.2. The van der Waals surface area contributed by atoms with Gasteiger partial charge in [-0.2, -0.15) is 0 Å². The number of carbonyl (C=O) groups is 1. The average molecular weight is 661 g/mol. The first-order valence-corrected chi connectivity index (χ1v) is 18.5. The Morgan fingerprint density at radius 1 is 0.872 bits per heavy atom. The number of fused-ring (bicyclic) bond motifs is 6. The fraction of sp³-hybridized carbons (Fsp3) is 0.973. The molecule has 4 saturated heterocycles. The van der Waals surface area contributed by atoms with Gasteiger partial charge in [-0.1, -0.05) is 34.6 Å². The summed E-state index contributed by atoms with van der Waals surface area (Å²) in [7, 11) is 0. The molecule has 0 aromatic carbocycles. The second-order valence-corrected chi connectivity index (χ2v) is 18.9. The average Bonchev–Trinajstić information content (AvgIpc) is 3.81. The van der Waals surface area contributed by atoms with Gasteiger partial charge in [0.05, 0.1) is 25.4 Å². The molecule has 9 rings (SSSR count). The van der Waals surface area contributed by atoms with E-state index in [1.54, 1.807) is 6.92 Å². The SMILES string of the molecule is CC(=O)O[C@@H]1C[C@@]23C[C@@]24CC[C@H](O[C@@H]2OC[C@@H](O)[C@H](O)[C@H]2O)C(C)(C)[C@@H]4CC[C@H]3[C@]2(C)C[C@@H]3O[C@]4(C[C@@H](C)[C@@H]3[C@@]12C)OC[C@]1(C)O[C@@H]41. The Bertz CT molecular complexity index is 1360. The molecular weight excluding hydrogens is 604 g/mol. The molecule has 0 bridgehead atoms. The van der Waals surface area contributed by atoms with Crippen LogP contribution in [0.3, 0.4) is 0 Å². The van der Waals surface area contributed by atoms with E-state index in [4.69, 9.17) is 28.4 Å². The van der Waals surface area contributed by atoms with Gasteiger partial charge in [-0.3, -0.25) is 4.79 Å². The van der Waals surface area contributed by atoms with Gasteiger partial charge in [-0.25, -0.2) is 0 Å². The molecule has 5 saturated carbocycles. The largest absolute Gasteiger partial charge is 0.462 e. The predicted molar refractivity (Wildman–Crippen MR) is 166 cm³/mol. The van der Waals surface area contributed by atoms with Crippen LogP contribution in [0.15, 0.2) is 0 Å². The van der Waals surface area contributed by atoms with Gasteiger partial charge in [-0.15, -0.1) is 0 Å². The number of esters is 1. The first-order chi connectivity index (χ1) is 22.0. The van der Waals surface area contributed by atoms with Crippen LogP contribution in [0.5, 0.6) is 0 Å². The predicted octanol–water partition coefficient (Wildman–Crippen LogP) is 3.71. The Hall–Kier alpha value is -0.850. The van der Waals surface area contributed by atoms with Gasteiger partial charge >= 0.3 is 5.97 Å². The Morgan fingerprint density at radius 3 is 2.30 bits per heavy atom. The molecule has 5 aliphatic carbocycles. The number of aliphatic hydroxyl groups excluding tert-OH is 3. The molecule has 47 heavy (non-hydrogen) atoms. The normalized spacial score (nSPS) is 62.8. The van der Waals surface area contributed by atoms with Gasteiger partial charge in [0.25, 0.3) is 0 Å². The minimum Gasteiger partial charge on any atom is -0.462 e. The highest BCUT2D eigenvalue weighted by Crippen LogP contribution is 2.89. The van der Waals surface area contributed by atoms with Crippen LogP contribution in [-0.2, 0) is 33.2 Å². The van der Waals surface area contributed by atoms with Crippen molar-refractivity contribution in [1.29, 1.82) is 0 Å². The summed E-state index contributed by atoms with van der Waals surface area (Å²) < 4.78 is 38.4. The molecule has 0 unspecified atom stereocenters. The lowest BCUT2D eigenvalue weighted by Crippen LogP contribution is -2.64. The maximum atomic E-state index is 12.9. The summed E-state index contributed by atoms with van der Waals surface area (Å²) in [4.78, 5) is 12.9. The van der Waals surface area contributed by atoms with E-state index in [2.05, 4.69) is 41.5 Å². The van der Waals surface area contributed by atoms with Crippen LogP contribution >= 0.6 is 0 Å². The summed E-state index contributed by atoms with van der Waals surface area (Å²) in [5.74, 6) is 0.642. The maximum Gasteiger partial charge on any atom is 0.302 e. The number of hydrogen-bond donors (Lipinski definition) is 3. The third-order valence-corrected chi connectivity index (χ3v) is 16.6. The molecule has 0 aromatic rings. The molecule has 10 nitrogen and oxygen atoms in total. The Kier molecular flexibility index (Phi) is 6.50. The lowest BCUT2D eigenvalue weighted by molar-refractivity contribution is -0.309. The zero-order valence-electron chi connectivity index (χ0n) is 29.2. The van der Waals surface area contributed by atoms with Crippen LogP contribution < -0.4 is 0 Å². The molecule has 0 amide bonds. The number of epoxide rings is 1. The van der Waals surface area contributed by atoms with E-state index in [1.807, 2.05) is 0 Å². The number of hydrogen-bond acceptors (Lipinski definition) is 10. The van der Waals surface area contributed by atoms with E-state index >= 15 is 0 Å². The first kappa shape index (κ1) is 32.1. The molecule has 9 fully saturated rings. The molecule has 264 valence electrons. The van der Waals surface area contributed by atoms with E-state index in [1.165, 1.54) is 0 Å². The van der Waals surface area contributed by atoms with E-state index in [-0.39, 0.29) is 75.6 Å². The quantitative estimate of drug-likeness (QED) is 0.234. The van der Waals surface area contributed by atoms with Gasteiger partial charge < -0.3 is 43.7 Å². The highest BCUT2D eigenvalue weighted by Gasteiger charge is 2.86. The van der Waals surface area contributed by atoms with Crippen LogP contribution in [0, 0.1) is 50.7 Å². The van der Waals surface area contributed by atoms with E-state index in [0.717, 1.165) is 51.4 Å². The Labute approximate surface area is 278 Å². The monoisotopic (exact) mass is 660 g/mol. The van der Waals surface area contributed by atoms with Crippen molar-refractivity contribution in [2.75, 3.05) is 13.2 Å². The first-order valence-electron chi connectivity index (χ1n) is 18.5. The standard InChI is InChI=1S/C37H56O10/c1-18-12-37(30-33(6,47-30)17-43-37)46-21-13-32(5)23-9-8-22-31(3,4)24(45-29-28(41)27(40)20(39)15-42-29)10-11-35(22)16-36(23,35)14-25(44-19(2)38)34(32,7)26(18)21/h18,20-30,39-41H,8-17H2,1-7H3/t18-,20-,21+,22+,23+,24+,25-,26+,27+,28-,29+,30-,32+,33+,34-,35-,36+,37+/m1/s1. The van der Waals surface area contributed by atoms with Crippen molar-refractivity contribution in [3.63, 3.8) is 0 Å². The number of ether oxygens (including phenoxy) is 6. The third kappa shape index (κ3) is 3.78. The molecular formula is C37H56O10. The molecule has 3 spiro atoms. The van der Waals surface area contributed by atoms with Crippen molar-refractivity contribution >= 4 is 5.97 Å². The van der Waals surface area contributed by atoms with Crippen LogP contribution in [0.4, 0.5) is 0 Å². The van der Waals surface area contributed by atoms with Crippen molar-refractivity contribution in [3.05, 3.63) is 0 Å². The Balaban J connectivity index is 1.03. The molecule has 4 heterocycles. The fourth-order valence-electron chi connectivity index (χ4n) is 14.6. The summed E-state index contributed by atoms with van der Waals surface area (Å²) in [6.07, 6.45) is 2.89. The van der Waals surface area contributed by atoms with Crippen LogP contribution in [0.1, 0.15) is 99.8 Å². The minimum absolute atomic E-state index is 0.00697. The Morgan fingerprint density at radius 2 is 1.62 bits per heavy atom. The highest BCUT2D eigenvalue weighted by atomic mass is 16.8. The summed E-state index contributed by atoms with van der Waals surface area (Å²) in [5, 5.41) is 31.0. The number of aliphatic hydroxyl groups is 3. The lowest BCUT2D eigenvalue weighted by atomic mass is 9.41. The van der Waals surface area contributed by atoms with E-state index in [9.17, 15) is 20.1 Å². The topological polar surface area (TPSA) is 136 Å². The lowest BCUT2D eigenvalue weighted by Gasteiger charge is -2.65. The molecule has 10 heteroatoms. The van der Waals surface area contributed by atoms with Gasteiger partial charge in [0.2, 0.25) is 0 Å². The van der Waals surface area contributed by atoms with E-state index in [0.29, 0.717) is 24.4 Å². The third-order valence-electron chi connectivity index (χ3n) is 16.6. The zero-order chi connectivity index (χ0) is 33.3.